The number of methoxy groups -OCH3 is 1. The summed E-state index contributed by atoms with van der Waals surface area (Å²) in [4.78, 5) is 13.2. The molecule has 35 heavy (non-hydrogen) atoms. The predicted molar refractivity (Wildman–Crippen MR) is 130 cm³/mol. The highest BCUT2D eigenvalue weighted by atomic mass is 19.2. The Kier molecular flexibility index (Phi) is 9.71. The van der Waals surface area contributed by atoms with Crippen LogP contribution in [-0.4, -0.2) is 65.8 Å². The Balaban J connectivity index is 0.000000196. The van der Waals surface area contributed by atoms with Crippen molar-refractivity contribution in [2.75, 3.05) is 45.3 Å². The fourth-order valence-electron chi connectivity index (χ4n) is 3.95. The molecule has 0 aliphatic carbocycles. The molecule has 0 bridgehead atoms. The van der Waals surface area contributed by atoms with E-state index < -0.39 is 17.7 Å². The molecule has 2 aromatic carbocycles. The standard InChI is InChI=1S/C13H17F2NO.C12H14N4O2/c1-17-7-6-16-5-4-11(9-16)10-2-3-12(14)13(15)8-10;13-12(18)14-11-8-10(15-16(11)6-7-17)9-4-2-1-3-5-9/h2-3,8,11H,4-7,9H2,1H3;1-5,8,17H,6-7H2,(H3,13,14,18). The fraction of sp³-hybridized carbons (Fsp3) is 0.360. The van der Waals surface area contributed by atoms with Crippen LogP contribution < -0.4 is 11.1 Å². The van der Waals surface area contributed by atoms with Gasteiger partial charge in [-0.1, -0.05) is 36.4 Å². The molecule has 2 heterocycles. The van der Waals surface area contributed by atoms with E-state index in [1.165, 1.54) is 16.8 Å². The number of aliphatic hydroxyl groups excluding tert-OH is 1. The first kappa shape index (κ1) is 26.3. The SMILES string of the molecule is COCCN1CCC(c2ccc(F)c(F)c2)C1.NC(=O)Nc1cc(-c2ccccc2)nn1CCO. The zero-order chi connectivity index (χ0) is 25.2. The maximum Gasteiger partial charge on any atom is 0.317 e. The summed E-state index contributed by atoms with van der Waals surface area (Å²) in [6.07, 6.45) is 0.995. The highest BCUT2D eigenvalue weighted by Gasteiger charge is 2.24. The van der Waals surface area contributed by atoms with Crippen LogP contribution in [0.1, 0.15) is 17.9 Å². The average Bonchev–Trinajstić information content (AvgIpc) is 3.48. The summed E-state index contributed by atoms with van der Waals surface area (Å²) >= 11 is 0. The van der Waals surface area contributed by atoms with E-state index in [4.69, 9.17) is 15.6 Å². The number of ether oxygens (including phenoxy) is 1. The molecule has 1 saturated heterocycles. The Labute approximate surface area is 203 Å². The minimum atomic E-state index is -0.775. The van der Waals surface area contributed by atoms with Crippen LogP contribution in [0.2, 0.25) is 0 Å². The van der Waals surface area contributed by atoms with E-state index in [1.807, 2.05) is 30.3 Å². The number of nitrogens with two attached hydrogens (primary N) is 1. The number of carbonyl (C=O) groups is 1. The van der Waals surface area contributed by atoms with Crippen LogP contribution in [0.25, 0.3) is 11.3 Å². The van der Waals surface area contributed by atoms with Crippen molar-refractivity contribution in [2.45, 2.75) is 18.9 Å². The van der Waals surface area contributed by atoms with E-state index in [0.717, 1.165) is 37.2 Å². The molecule has 188 valence electrons. The van der Waals surface area contributed by atoms with Gasteiger partial charge in [-0.25, -0.2) is 18.3 Å². The van der Waals surface area contributed by atoms with Gasteiger partial charge in [0.25, 0.3) is 0 Å². The minimum Gasteiger partial charge on any atom is -0.394 e. The third kappa shape index (κ3) is 7.57. The van der Waals surface area contributed by atoms with Crippen LogP contribution in [0.3, 0.4) is 0 Å². The molecule has 1 fully saturated rings. The number of carbonyl (C=O) groups excluding carboxylic acids is 1. The van der Waals surface area contributed by atoms with Gasteiger partial charge >= 0.3 is 6.03 Å². The fourth-order valence-corrected chi connectivity index (χ4v) is 3.95. The lowest BCUT2D eigenvalue weighted by atomic mass is 9.98. The Morgan fingerprint density at radius 1 is 1.17 bits per heavy atom. The van der Waals surface area contributed by atoms with E-state index in [0.29, 0.717) is 30.6 Å². The number of halogens is 2. The highest BCUT2D eigenvalue weighted by molar-refractivity contribution is 5.87. The largest absolute Gasteiger partial charge is 0.394 e. The minimum absolute atomic E-state index is 0.0661. The summed E-state index contributed by atoms with van der Waals surface area (Å²) in [6, 6.07) is 14.8. The number of benzene rings is 2. The van der Waals surface area contributed by atoms with E-state index >= 15 is 0 Å². The van der Waals surface area contributed by atoms with Gasteiger partial charge in [0.2, 0.25) is 0 Å². The molecule has 0 spiro atoms. The van der Waals surface area contributed by atoms with Crippen molar-refractivity contribution < 1.29 is 23.4 Å². The van der Waals surface area contributed by atoms with Crippen LogP contribution in [0.15, 0.2) is 54.6 Å². The van der Waals surface area contributed by atoms with Gasteiger partial charge in [0.1, 0.15) is 5.82 Å². The highest BCUT2D eigenvalue weighted by Crippen LogP contribution is 2.28. The average molecular weight is 488 g/mol. The molecule has 10 heteroatoms. The molecule has 1 aliphatic heterocycles. The van der Waals surface area contributed by atoms with E-state index in [9.17, 15) is 13.6 Å². The quantitative estimate of drug-likeness (QED) is 0.452. The number of anilines is 1. The molecule has 8 nitrogen and oxygen atoms in total. The number of nitrogens with one attached hydrogen (secondary N) is 1. The number of primary amides is 1. The number of aromatic nitrogens is 2. The smallest absolute Gasteiger partial charge is 0.317 e. The summed E-state index contributed by atoms with van der Waals surface area (Å²) in [5, 5.41) is 15.7. The Bertz CT molecular complexity index is 1090. The lowest BCUT2D eigenvalue weighted by Gasteiger charge is -2.15. The summed E-state index contributed by atoms with van der Waals surface area (Å²) < 4.78 is 32.5. The number of hydrogen-bond acceptors (Lipinski definition) is 5. The number of aliphatic hydroxyl groups is 1. The predicted octanol–water partition coefficient (Wildman–Crippen LogP) is 3.43. The van der Waals surface area contributed by atoms with Gasteiger partial charge in [0.05, 0.1) is 25.5 Å². The molecular formula is C25H31F2N5O3. The molecule has 3 aromatic rings. The normalized spacial score (nSPS) is 15.5. The Morgan fingerprint density at radius 2 is 1.94 bits per heavy atom. The van der Waals surface area contributed by atoms with Gasteiger partial charge in [-0.3, -0.25) is 5.32 Å². The summed E-state index contributed by atoms with van der Waals surface area (Å²) in [5.41, 5.74) is 7.62. The van der Waals surface area contributed by atoms with Gasteiger partial charge in [0.15, 0.2) is 11.6 Å². The van der Waals surface area contributed by atoms with E-state index in [-0.39, 0.29) is 6.61 Å². The summed E-state index contributed by atoms with van der Waals surface area (Å²) in [6.45, 7) is 3.73. The molecule has 0 radical (unpaired) electrons. The number of hydrogen-bond donors (Lipinski definition) is 3. The first-order valence-corrected chi connectivity index (χ1v) is 11.4. The lowest BCUT2D eigenvalue weighted by Crippen LogP contribution is -2.24. The van der Waals surface area contributed by atoms with Crippen LogP contribution in [-0.2, 0) is 11.3 Å². The van der Waals surface area contributed by atoms with Gasteiger partial charge in [-0.15, -0.1) is 0 Å². The molecule has 4 rings (SSSR count). The van der Waals surface area contributed by atoms with Crippen molar-refractivity contribution in [1.29, 1.82) is 0 Å². The van der Waals surface area contributed by atoms with Crippen molar-refractivity contribution in [2.24, 2.45) is 5.73 Å². The van der Waals surface area contributed by atoms with Crippen molar-refractivity contribution >= 4 is 11.8 Å². The molecule has 1 aliphatic rings. The summed E-state index contributed by atoms with van der Waals surface area (Å²) in [5.74, 6) is -0.752. The molecule has 1 aromatic heterocycles. The maximum atomic E-state index is 13.1. The number of likely N-dealkylation sites (tertiary alicyclic amines) is 1. The topological polar surface area (TPSA) is 106 Å². The van der Waals surface area contributed by atoms with Gasteiger partial charge < -0.3 is 20.5 Å². The first-order valence-electron chi connectivity index (χ1n) is 11.4. The molecular weight excluding hydrogens is 456 g/mol. The molecule has 2 amide bonds. The van der Waals surface area contributed by atoms with Gasteiger partial charge in [0, 0.05) is 31.8 Å². The molecule has 1 unspecified atom stereocenters. The van der Waals surface area contributed by atoms with Crippen LogP contribution in [0, 0.1) is 11.6 Å². The second-order valence-corrected chi connectivity index (χ2v) is 8.17. The van der Waals surface area contributed by atoms with Crippen molar-refractivity contribution in [3.05, 3.63) is 71.8 Å². The zero-order valence-corrected chi connectivity index (χ0v) is 19.7. The number of amides is 2. The monoisotopic (exact) mass is 487 g/mol. The third-order valence-electron chi connectivity index (χ3n) is 5.71. The van der Waals surface area contributed by atoms with Crippen molar-refractivity contribution in [3.63, 3.8) is 0 Å². The van der Waals surface area contributed by atoms with Crippen LogP contribution in [0.4, 0.5) is 19.4 Å². The van der Waals surface area contributed by atoms with Crippen molar-refractivity contribution in [1.82, 2.24) is 14.7 Å². The number of urea groups is 1. The van der Waals surface area contributed by atoms with E-state index in [2.05, 4.69) is 15.3 Å². The Hall–Kier alpha value is -3.34. The zero-order valence-electron chi connectivity index (χ0n) is 19.7. The van der Waals surface area contributed by atoms with Crippen molar-refractivity contribution in [3.8, 4) is 11.3 Å². The molecule has 0 saturated carbocycles. The summed E-state index contributed by atoms with van der Waals surface area (Å²) in [7, 11) is 1.68. The number of nitrogens with zero attached hydrogens (tertiary/aromatic N) is 3. The van der Waals surface area contributed by atoms with Gasteiger partial charge in [-0.05, 0) is 36.6 Å². The second kappa shape index (κ2) is 12.9. The molecule has 1 atom stereocenters. The number of rotatable bonds is 8. The lowest BCUT2D eigenvalue weighted by molar-refractivity contribution is 0.160. The van der Waals surface area contributed by atoms with Crippen LogP contribution in [0.5, 0.6) is 0 Å². The van der Waals surface area contributed by atoms with Gasteiger partial charge in [-0.2, -0.15) is 5.10 Å². The first-order chi connectivity index (χ1) is 16.9. The maximum absolute atomic E-state index is 13.1. The third-order valence-corrected chi connectivity index (χ3v) is 5.71. The Morgan fingerprint density at radius 3 is 2.60 bits per heavy atom. The van der Waals surface area contributed by atoms with E-state index in [1.54, 1.807) is 19.2 Å². The second-order valence-electron chi connectivity index (χ2n) is 8.17. The van der Waals surface area contributed by atoms with Crippen LogP contribution >= 0.6 is 0 Å². The molecule has 4 N–H and O–H groups in total.